The maximum atomic E-state index is 12.0. The van der Waals surface area contributed by atoms with Crippen LogP contribution in [0.1, 0.15) is 50.8 Å². The second-order valence-corrected chi connectivity index (χ2v) is 5.30. The molecule has 7 nitrogen and oxygen atoms in total. The van der Waals surface area contributed by atoms with Crippen molar-refractivity contribution in [3.05, 3.63) is 12.2 Å². The molecule has 0 unspecified atom stereocenters. The van der Waals surface area contributed by atoms with Gasteiger partial charge in [-0.2, -0.15) is 4.98 Å². The molecule has 0 saturated heterocycles. The van der Waals surface area contributed by atoms with Gasteiger partial charge in [-0.05, 0) is 12.8 Å². The SMILES string of the molecule is O=C(CC1(C(=O)O)CCCCCC1)NCc1ncon1. The van der Waals surface area contributed by atoms with E-state index in [0.29, 0.717) is 18.7 Å². The van der Waals surface area contributed by atoms with Crippen LogP contribution in [0.4, 0.5) is 0 Å². The van der Waals surface area contributed by atoms with E-state index in [1.54, 1.807) is 0 Å². The summed E-state index contributed by atoms with van der Waals surface area (Å²) < 4.78 is 4.56. The van der Waals surface area contributed by atoms with Crippen molar-refractivity contribution in [2.24, 2.45) is 5.41 Å². The molecule has 7 heteroatoms. The Hall–Kier alpha value is -1.92. The lowest BCUT2D eigenvalue weighted by atomic mass is 9.77. The van der Waals surface area contributed by atoms with E-state index in [2.05, 4.69) is 20.0 Å². The number of aliphatic carboxylic acids is 1. The van der Waals surface area contributed by atoms with Crippen molar-refractivity contribution in [1.29, 1.82) is 0 Å². The summed E-state index contributed by atoms with van der Waals surface area (Å²) in [7, 11) is 0. The van der Waals surface area contributed by atoms with Crippen molar-refractivity contribution in [1.82, 2.24) is 15.5 Å². The van der Waals surface area contributed by atoms with Crippen LogP contribution in [0.2, 0.25) is 0 Å². The minimum absolute atomic E-state index is 0.0141. The summed E-state index contributed by atoms with van der Waals surface area (Å²) in [6.07, 6.45) is 6.15. The van der Waals surface area contributed by atoms with E-state index in [1.165, 1.54) is 6.39 Å². The molecular weight excluding hydrogens is 262 g/mol. The number of nitrogens with one attached hydrogen (secondary N) is 1. The van der Waals surface area contributed by atoms with Crippen LogP contribution >= 0.6 is 0 Å². The molecule has 0 spiro atoms. The van der Waals surface area contributed by atoms with Crippen LogP contribution < -0.4 is 5.32 Å². The molecule has 110 valence electrons. The molecular formula is C13H19N3O4. The minimum atomic E-state index is -0.919. The highest BCUT2D eigenvalue weighted by Gasteiger charge is 2.40. The van der Waals surface area contributed by atoms with E-state index in [1.807, 2.05) is 0 Å². The summed E-state index contributed by atoms with van der Waals surface area (Å²) in [6, 6.07) is 0. The van der Waals surface area contributed by atoms with Crippen molar-refractivity contribution < 1.29 is 19.2 Å². The van der Waals surface area contributed by atoms with Gasteiger partial charge in [0, 0.05) is 6.42 Å². The fraction of sp³-hybridized carbons (Fsp3) is 0.692. The van der Waals surface area contributed by atoms with Gasteiger partial charge < -0.3 is 14.9 Å². The molecule has 0 atom stereocenters. The molecule has 2 rings (SSSR count). The van der Waals surface area contributed by atoms with Crippen molar-refractivity contribution >= 4 is 11.9 Å². The summed E-state index contributed by atoms with van der Waals surface area (Å²) in [5, 5.41) is 15.7. The van der Waals surface area contributed by atoms with Gasteiger partial charge in [0.1, 0.15) is 0 Å². The standard InChI is InChI=1S/C13H19N3O4/c17-11(14-8-10-15-9-20-16-10)7-13(12(18)19)5-3-1-2-4-6-13/h9H,1-8H2,(H,14,17)(H,18,19). The molecule has 1 fully saturated rings. The van der Waals surface area contributed by atoms with Gasteiger partial charge in [-0.3, -0.25) is 9.59 Å². The van der Waals surface area contributed by atoms with E-state index in [0.717, 1.165) is 25.7 Å². The third kappa shape index (κ3) is 3.55. The van der Waals surface area contributed by atoms with Gasteiger partial charge >= 0.3 is 5.97 Å². The van der Waals surface area contributed by atoms with Gasteiger partial charge in [-0.1, -0.05) is 30.8 Å². The van der Waals surface area contributed by atoms with Crippen LogP contribution in [0.25, 0.3) is 0 Å². The molecule has 1 aromatic rings. The van der Waals surface area contributed by atoms with Crippen LogP contribution in [0.15, 0.2) is 10.9 Å². The molecule has 1 aliphatic rings. The normalized spacial score (nSPS) is 18.2. The Bertz CT molecular complexity index is 450. The highest BCUT2D eigenvalue weighted by molar-refractivity contribution is 5.84. The Labute approximate surface area is 116 Å². The van der Waals surface area contributed by atoms with Crippen molar-refractivity contribution in [2.75, 3.05) is 0 Å². The molecule has 2 N–H and O–H groups in total. The van der Waals surface area contributed by atoms with E-state index in [9.17, 15) is 14.7 Å². The summed E-state index contributed by atoms with van der Waals surface area (Å²) >= 11 is 0. The van der Waals surface area contributed by atoms with E-state index in [4.69, 9.17) is 0 Å². The molecule has 1 aliphatic carbocycles. The fourth-order valence-electron chi connectivity index (χ4n) is 2.69. The van der Waals surface area contributed by atoms with Gasteiger partial charge in [-0.25, -0.2) is 0 Å². The number of carboxylic acids is 1. The van der Waals surface area contributed by atoms with Crippen LogP contribution in [0.5, 0.6) is 0 Å². The number of carboxylic acid groups (broad SMARTS) is 1. The molecule has 1 amide bonds. The molecule has 20 heavy (non-hydrogen) atoms. The lowest BCUT2D eigenvalue weighted by molar-refractivity contribution is -0.152. The molecule has 1 aromatic heterocycles. The summed E-state index contributed by atoms with van der Waals surface area (Å²) in [5.74, 6) is -0.767. The number of nitrogens with zero attached hydrogens (tertiary/aromatic N) is 2. The number of carbonyl (C=O) groups excluding carboxylic acids is 1. The van der Waals surface area contributed by atoms with Crippen molar-refractivity contribution in [3.8, 4) is 0 Å². The van der Waals surface area contributed by atoms with Gasteiger partial charge in [0.25, 0.3) is 0 Å². The lowest BCUT2D eigenvalue weighted by Crippen LogP contribution is -2.37. The van der Waals surface area contributed by atoms with Crippen LogP contribution in [-0.2, 0) is 16.1 Å². The predicted molar refractivity (Wildman–Crippen MR) is 68.5 cm³/mol. The third-order valence-corrected chi connectivity index (χ3v) is 3.86. The zero-order valence-corrected chi connectivity index (χ0v) is 11.3. The average Bonchev–Trinajstić information content (AvgIpc) is 2.82. The lowest BCUT2D eigenvalue weighted by Gasteiger charge is -2.27. The first-order valence-electron chi connectivity index (χ1n) is 6.88. The fourth-order valence-corrected chi connectivity index (χ4v) is 2.69. The molecule has 0 aliphatic heterocycles. The van der Waals surface area contributed by atoms with E-state index in [-0.39, 0.29) is 18.9 Å². The third-order valence-electron chi connectivity index (χ3n) is 3.86. The Morgan fingerprint density at radius 1 is 1.30 bits per heavy atom. The second-order valence-electron chi connectivity index (χ2n) is 5.30. The van der Waals surface area contributed by atoms with Crippen LogP contribution in [0.3, 0.4) is 0 Å². The van der Waals surface area contributed by atoms with E-state index >= 15 is 0 Å². The van der Waals surface area contributed by atoms with Gasteiger partial charge in [0.2, 0.25) is 12.3 Å². The first-order chi connectivity index (χ1) is 9.62. The van der Waals surface area contributed by atoms with Crippen LogP contribution in [0, 0.1) is 5.41 Å². The number of aromatic nitrogens is 2. The highest BCUT2D eigenvalue weighted by atomic mass is 16.5. The number of amides is 1. The predicted octanol–water partition coefficient (Wildman–Crippen LogP) is 1.50. The zero-order chi connectivity index (χ0) is 14.4. The minimum Gasteiger partial charge on any atom is -0.481 e. The summed E-state index contributed by atoms with van der Waals surface area (Å²) in [4.78, 5) is 27.3. The summed E-state index contributed by atoms with van der Waals surface area (Å²) in [6.45, 7) is 0.158. The van der Waals surface area contributed by atoms with Gasteiger partial charge in [0.15, 0.2) is 5.82 Å². The quantitative estimate of drug-likeness (QED) is 0.792. The number of hydrogen-bond acceptors (Lipinski definition) is 5. The zero-order valence-electron chi connectivity index (χ0n) is 11.3. The largest absolute Gasteiger partial charge is 0.481 e. The number of hydrogen-bond donors (Lipinski definition) is 2. The van der Waals surface area contributed by atoms with Crippen molar-refractivity contribution in [3.63, 3.8) is 0 Å². The van der Waals surface area contributed by atoms with E-state index < -0.39 is 11.4 Å². The first-order valence-corrected chi connectivity index (χ1v) is 6.88. The van der Waals surface area contributed by atoms with Gasteiger partial charge in [0.05, 0.1) is 12.0 Å². The smallest absolute Gasteiger partial charge is 0.310 e. The Morgan fingerprint density at radius 2 is 2.00 bits per heavy atom. The summed E-state index contributed by atoms with van der Waals surface area (Å²) in [5.41, 5.74) is -0.919. The highest BCUT2D eigenvalue weighted by Crippen LogP contribution is 2.38. The molecule has 0 radical (unpaired) electrons. The molecule has 1 heterocycles. The Balaban J connectivity index is 1.93. The van der Waals surface area contributed by atoms with Crippen molar-refractivity contribution in [2.45, 2.75) is 51.5 Å². The monoisotopic (exact) mass is 281 g/mol. The van der Waals surface area contributed by atoms with Crippen LogP contribution in [-0.4, -0.2) is 27.1 Å². The Kier molecular flexibility index (Phi) is 4.70. The number of rotatable bonds is 5. The second kappa shape index (κ2) is 6.49. The molecule has 1 saturated carbocycles. The Morgan fingerprint density at radius 3 is 2.55 bits per heavy atom. The maximum Gasteiger partial charge on any atom is 0.310 e. The average molecular weight is 281 g/mol. The first kappa shape index (κ1) is 14.5. The van der Waals surface area contributed by atoms with Gasteiger partial charge in [-0.15, -0.1) is 0 Å². The number of carbonyl (C=O) groups is 2. The topological polar surface area (TPSA) is 105 Å². The molecule has 0 bridgehead atoms. The maximum absolute atomic E-state index is 12.0. The molecule has 0 aromatic carbocycles.